The maximum atomic E-state index is 14.6. The first-order chi connectivity index (χ1) is 18.1. The highest BCUT2D eigenvalue weighted by Crippen LogP contribution is 2.49. The lowest BCUT2D eigenvalue weighted by Gasteiger charge is -2.42. The SMILES string of the molecule is Cc1ccccc1-n1c(SCC(=O)c2ccccc2)nc2c(c1=O)C1(CCCCC1)Cc1ccccc1-2. The molecule has 4 nitrogen and oxygen atoms in total. The number of aromatic nitrogens is 2. The molecule has 1 spiro atoms. The number of nitrogens with zero attached hydrogens (tertiary/aromatic N) is 2. The first kappa shape index (κ1) is 23.9. The lowest BCUT2D eigenvalue weighted by Crippen LogP contribution is -2.43. The molecule has 1 aromatic heterocycles. The summed E-state index contributed by atoms with van der Waals surface area (Å²) in [5.41, 5.74) is 6.36. The number of thioether (sulfide) groups is 1. The zero-order valence-electron chi connectivity index (χ0n) is 21.1. The fourth-order valence-electron chi connectivity index (χ4n) is 6.15. The Labute approximate surface area is 221 Å². The van der Waals surface area contributed by atoms with Crippen molar-refractivity contribution in [1.82, 2.24) is 9.55 Å². The molecule has 0 aliphatic heterocycles. The highest BCUT2D eigenvalue weighted by atomic mass is 32.2. The first-order valence-corrected chi connectivity index (χ1v) is 14.1. The van der Waals surface area contributed by atoms with E-state index in [1.165, 1.54) is 23.7 Å². The van der Waals surface area contributed by atoms with Crippen LogP contribution in [0.1, 0.15) is 59.2 Å². The monoisotopic (exact) mass is 506 g/mol. The Balaban J connectivity index is 1.56. The average molecular weight is 507 g/mol. The van der Waals surface area contributed by atoms with Crippen molar-refractivity contribution in [3.8, 4) is 16.9 Å². The maximum Gasteiger partial charge on any atom is 0.263 e. The summed E-state index contributed by atoms with van der Waals surface area (Å²) < 4.78 is 1.78. The summed E-state index contributed by atoms with van der Waals surface area (Å²) in [5.74, 6) is 0.242. The van der Waals surface area contributed by atoms with Crippen molar-refractivity contribution < 1.29 is 4.79 Å². The number of hydrogen-bond acceptors (Lipinski definition) is 4. The average Bonchev–Trinajstić information content (AvgIpc) is 2.93. The van der Waals surface area contributed by atoms with Gasteiger partial charge in [-0.15, -0.1) is 0 Å². The lowest BCUT2D eigenvalue weighted by molar-refractivity contribution is 0.102. The van der Waals surface area contributed by atoms with E-state index in [-0.39, 0.29) is 22.5 Å². The molecule has 1 saturated carbocycles. The summed E-state index contributed by atoms with van der Waals surface area (Å²) in [7, 11) is 0. The number of benzene rings is 3. The van der Waals surface area contributed by atoms with Gasteiger partial charge in [0.25, 0.3) is 5.56 Å². The van der Waals surface area contributed by atoms with Gasteiger partial charge in [-0.2, -0.15) is 0 Å². The van der Waals surface area contributed by atoms with E-state index in [2.05, 4.69) is 18.2 Å². The molecule has 0 radical (unpaired) electrons. The van der Waals surface area contributed by atoms with Crippen molar-refractivity contribution in [2.45, 2.75) is 56.0 Å². The second-order valence-corrected chi connectivity index (χ2v) is 11.2. The predicted octanol–water partition coefficient (Wildman–Crippen LogP) is 6.94. The molecule has 0 N–H and O–H groups in total. The van der Waals surface area contributed by atoms with Gasteiger partial charge in [0.15, 0.2) is 10.9 Å². The van der Waals surface area contributed by atoms with Crippen LogP contribution in [0.2, 0.25) is 0 Å². The van der Waals surface area contributed by atoms with Crippen molar-refractivity contribution in [2.24, 2.45) is 0 Å². The van der Waals surface area contributed by atoms with Crippen molar-refractivity contribution in [3.05, 3.63) is 111 Å². The van der Waals surface area contributed by atoms with Crippen molar-refractivity contribution in [3.63, 3.8) is 0 Å². The van der Waals surface area contributed by atoms with Crippen LogP contribution in [0.5, 0.6) is 0 Å². The molecule has 1 heterocycles. The molecule has 0 bridgehead atoms. The number of hydrogen-bond donors (Lipinski definition) is 0. The zero-order valence-corrected chi connectivity index (χ0v) is 21.9. The Morgan fingerprint density at radius 3 is 2.41 bits per heavy atom. The van der Waals surface area contributed by atoms with Gasteiger partial charge in [-0.05, 0) is 43.4 Å². The van der Waals surface area contributed by atoms with Gasteiger partial charge in [0.05, 0.1) is 22.7 Å². The van der Waals surface area contributed by atoms with Crippen LogP contribution in [-0.4, -0.2) is 21.1 Å². The third kappa shape index (κ3) is 4.25. The van der Waals surface area contributed by atoms with Crippen molar-refractivity contribution in [2.75, 3.05) is 5.75 Å². The van der Waals surface area contributed by atoms with Crippen molar-refractivity contribution in [1.29, 1.82) is 0 Å². The third-order valence-electron chi connectivity index (χ3n) is 7.98. The number of fused-ring (bicyclic) bond motifs is 4. The second kappa shape index (κ2) is 9.79. The van der Waals surface area contributed by atoms with Gasteiger partial charge in [-0.25, -0.2) is 4.98 Å². The number of aryl methyl sites for hydroxylation is 1. The molecule has 0 unspecified atom stereocenters. The molecule has 3 aromatic carbocycles. The number of para-hydroxylation sites is 1. The maximum absolute atomic E-state index is 14.6. The summed E-state index contributed by atoms with van der Waals surface area (Å²) in [5, 5.41) is 0.574. The van der Waals surface area contributed by atoms with Gasteiger partial charge in [-0.3, -0.25) is 14.2 Å². The Morgan fingerprint density at radius 2 is 1.62 bits per heavy atom. The fraction of sp³-hybridized carbons (Fsp3) is 0.281. The van der Waals surface area contributed by atoms with E-state index in [0.717, 1.165) is 60.2 Å². The highest BCUT2D eigenvalue weighted by molar-refractivity contribution is 7.99. The van der Waals surface area contributed by atoms with E-state index in [9.17, 15) is 9.59 Å². The highest BCUT2D eigenvalue weighted by Gasteiger charge is 2.43. The normalized spacial score (nSPS) is 15.7. The van der Waals surface area contributed by atoms with Gasteiger partial charge in [0.1, 0.15) is 0 Å². The van der Waals surface area contributed by atoms with E-state index in [1.54, 1.807) is 4.57 Å². The Morgan fingerprint density at radius 1 is 0.919 bits per heavy atom. The number of carbonyl (C=O) groups is 1. The molecule has 37 heavy (non-hydrogen) atoms. The summed E-state index contributed by atoms with van der Waals surface area (Å²) in [4.78, 5) is 32.8. The molecular weight excluding hydrogens is 476 g/mol. The van der Waals surface area contributed by atoms with Crippen LogP contribution in [0.25, 0.3) is 16.9 Å². The number of ketones is 1. The molecule has 5 heteroatoms. The summed E-state index contributed by atoms with van der Waals surface area (Å²) in [6.07, 6.45) is 6.39. The van der Waals surface area contributed by atoms with Crippen LogP contribution in [0.3, 0.4) is 0 Å². The largest absolute Gasteiger partial charge is 0.293 e. The van der Waals surface area contributed by atoms with Crippen LogP contribution in [-0.2, 0) is 11.8 Å². The number of Topliss-reactive ketones (excluding diaryl/α,β-unsaturated/α-hetero) is 1. The summed E-state index contributed by atoms with van der Waals surface area (Å²) in [6, 6.07) is 25.7. The predicted molar refractivity (Wildman–Crippen MR) is 150 cm³/mol. The molecule has 4 aromatic rings. The van der Waals surface area contributed by atoms with E-state index in [1.807, 2.05) is 67.6 Å². The molecule has 0 atom stereocenters. The van der Waals surface area contributed by atoms with E-state index >= 15 is 0 Å². The van der Waals surface area contributed by atoms with Crippen LogP contribution < -0.4 is 5.56 Å². The van der Waals surface area contributed by atoms with Crippen LogP contribution >= 0.6 is 11.8 Å². The Hall–Kier alpha value is -3.44. The van der Waals surface area contributed by atoms with Gasteiger partial charge < -0.3 is 0 Å². The molecule has 0 amide bonds. The molecule has 2 aliphatic carbocycles. The lowest BCUT2D eigenvalue weighted by atomic mass is 9.62. The Bertz CT molecular complexity index is 1530. The fourth-order valence-corrected chi connectivity index (χ4v) is 7.04. The van der Waals surface area contributed by atoms with Crippen molar-refractivity contribution >= 4 is 17.5 Å². The first-order valence-electron chi connectivity index (χ1n) is 13.1. The van der Waals surface area contributed by atoms with Gasteiger partial charge in [0, 0.05) is 16.5 Å². The van der Waals surface area contributed by atoms with Gasteiger partial charge in [-0.1, -0.05) is 104 Å². The molecule has 1 fully saturated rings. The van der Waals surface area contributed by atoms with E-state index in [0.29, 0.717) is 10.7 Å². The number of rotatable bonds is 5. The quantitative estimate of drug-likeness (QED) is 0.167. The summed E-state index contributed by atoms with van der Waals surface area (Å²) >= 11 is 1.35. The zero-order chi connectivity index (χ0) is 25.4. The molecule has 2 aliphatic rings. The van der Waals surface area contributed by atoms with Gasteiger partial charge in [0.2, 0.25) is 0 Å². The molecule has 0 saturated heterocycles. The summed E-state index contributed by atoms with van der Waals surface area (Å²) in [6.45, 7) is 2.02. The number of carbonyl (C=O) groups excluding carboxylic acids is 1. The van der Waals surface area contributed by atoms with E-state index in [4.69, 9.17) is 4.98 Å². The Kier molecular flexibility index (Phi) is 6.33. The molecule has 186 valence electrons. The minimum atomic E-state index is -0.181. The minimum Gasteiger partial charge on any atom is -0.293 e. The van der Waals surface area contributed by atoms with Crippen LogP contribution in [0, 0.1) is 6.92 Å². The minimum absolute atomic E-state index is 0.0189. The van der Waals surface area contributed by atoms with Crippen LogP contribution in [0.4, 0.5) is 0 Å². The topological polar surface area (TPSA) is 52.0 Å². The third-order valence-corrected chi connectivity index (χ3v) is 8.92. The molecule has 6 rings (SSSR count). The second-order valence-electron chi connectivity index (χ2n) is 10.3. The van der Waals surface area contributed by atoms with Crippen LogP contribution in [0.15, 0.2) is 88.8 Å². The molecular formula is C32H30N2O2S. The smallest absolute Gasteiger partial charge is 0.263 e. The van der Waals surface area contributed by atoms with Gasteiger partial charge >= 0.3 is 0 Å². The standard InChI is InChI=1S/C32H30N2O2S/c1-22-12-6-9-17-26(22)34-30(36)28-29(33-31(34)37-21-27(35)23-13-4-2-5-14-23)25-16-8-7-15-24(25)20-32(28)18-10-3-11-19-32/h2,4-9,12-17H,3,10-11,18-21H2,1H3. The van der Waals surface area contributed by atoms with E-state index < -0.39 is 0 Å².